The van der Waals surface area contributed by atoms with E-state index in [0.717, 1.165) is 37.9 Å². The number of nitrogens with one attached hydrogen (secondary N) is 2. The predicted octanol–water partition coefficient (Wildman–Crippen LogP) is 4.15. The lowest BCUT2D eigenvalue weighted by molar-refractivity contribution is -0.123. The van der Waals surface area contributed by atoms with E-state index >= 15 is 0 Å². The van der Waals surface area contributed by atoms with Crippen molar-refractivity contribution < 1.29 is 9.59 Å². The molecule has 0 aliphatic heterocycles. The Morgan fingerprint density at radius 1 is 1.04 bits per heavy atom. The van der Waals surface area contributed by atoms with Gasteiger partial charge in [-0.1, -0.05) is 25.3 Å². The van der Waals surface area contributed by atoms with Gasteiger partial charge in [0, 0.05) is 26.1 Å². The first kappa shape index (κ1) is 20.8. The average molecular weight is 386 g/mol. The van der Waals surface area contributed by atoms with E-state index in [0.29, 0.717) is 24.2 Å². The van der Waals surface area contributed by atoms with Gasteiger partial charge in [0.1, 0.15) is 0 Å². The highest BCUT2D eigenvalue weighted by atomic mass is 16.2. The molecule has 2 saturated carbocycles. The molecular weight excluding hydrogens is 350 g/mol. The lowest BCUT2D eigenvalue weighted by Gasteiger charge is -2.34. The lowest BCUT2D eigenvalue weighted by atomic mass is 9.77. The molecular formula is C23H35N3O2. The molecule has 2 aliphatic carbocycles. The third-order valence-corrected chi connectivity index (χ3v) is 6.52. The smallest absolute Gasteiger partial charge is 0.220 e. The van der Waals surface area contributed by atoms with Gasteiger partial charge in [0.25, 0.3) is 0 Å². The lowest BCUT2D eigenvalue weighted by Crippen LogP contribution is -2.37. The maximum absolute atomic E-state index is 12.8. The van der Waals surface area contributed by atoms with E-state index in [9.17, 15) is 9.59 Å². The van der Waals surface area contributed by atoms with E-state index in [-0.39, 0.29) is 17.9 Å². The number of aromatic nitrogens is 1. The van der Waals surface area contributed by atoms with Crippen LogP contribution in [0.5, 0.6) is 0 Å². The van der Waals surface area contributed by atoms with Crippen LogP contribution in [-0.2, 0) is 9.59 Å². The Bertz CT molecular complexity index is 620. The Morgan fingerprint density at radius 3 is 2.43 bits per heavy atom. The molecule has 28 heavy (non-hydrogen) atoms. The molecule has 0 radical (unpaired) electrons. The number of carbonyl (C=O) groups is 2. The highest BCUT2D eigenvalue weighted by Crippen LogP contribution is 2.36. The van der Waals surface area contributed by atoms with Crippen molar-refractivity contribution in [2.45, 2.75) is 77.2 Å². The largest absolute Gasteiger partial charge is 0.356 e. The molecule has 2 N–H and O–H groups in total. The van der Waals surface area contributed by atoms with Crippen LogP contribution < -0.4 is 10.6 Å². The van der Waals surface area contributed by atoms with Crippen molar-refractivity contribution >= 4 is 11.8 Å². The second-order valence-electron chi connectivity index (χ2n) is 8.73. The van der Waals surface area contributed by atoms with Crippen molar-refractivity contribution in [3.05, 3.63) is 30.1 Å². The molecule has 1 aromatic heterocycles. The fourth-order valence-corrected chi connectivity index (χ4v) is 4.89. The monoisotopic (exact) mass is 385 g/mol. The first-order valence-corrected chi connectivity index (χ1v) is 11.1. The Balaban J connectivity index is 1.58. The molecule has 0 saturated heterocycles. The van der Waals surface area contributed by atoms with Crippen LogP contribution in [0.25, 0.3) is 0 Å². The zero-order valence-corrected chi connectivity index (χ0v) is 17.2. The van der Waals surface area contributed by atoms with Crippen molar-refractivity contribution in [1.29, 1.82) is 0 Å². The van der Waals surface area contributed by atoms with Gasteiger partial charge in [-0.25, -0.2) is 0 Å². The average Bonchev–Trinajstić information content (AvgIpc) is 2.72. The summed E-state index contributed by atoms with van der Waals surface area (Å²) in [5, 5.41) is 6.29. The number of pyridine rings is 1. The third-order valence-electron chi connectivity index (χ3n) is 6.52. The van der Waals surface area contributed by atoms with E-state index in [2.05, 4.69) is 15.6 Å². The number of nitrogens with zero attached hydrogens (tertiary/aromatic N) is 1. The zero-order chi connectivity index (χ0) is 19.8. The first-order valence-electron chi connectivity index (χ1n) is 11.1. The van der Waals surface area contributed by atoms with Gasteiger partial charge >= 0.3 is 0 Å². The SMILES string of the molecule is CC(=O)NCC1CCC([C@@H](NC(=O)CC2CCCCC2)c2ccccn2)CC1. The quantitative estimate of drug-likeness (QED) is 0.741. The number of amides is 2. The van der Waals surface area contributed by atoms with Gasteiger partial charge in [0.05, 0.1) is 11.7 Å². The number of hydrogen-bond donors (Lipinski definition) is 2. The Hall–Kier alpha value is -1.91. The van der Waals surface area contributed by atoms with Gasteiger partial charge < -0.3 is 10.6 Å². The summed E-state index contributed by atoms with van der Waals surface area (Å²) in [6.07, 6.45) is 13.0. The highest BCUT2D eigenvalue weighted by Gasteiger charge is 2.31. The Morgan fingerprint density at radius 2 is 1.79 bits per heavy atom. The molecule has 5 nitrogen and oxygen atoms in total. The molecule has 5 heteroatoms. The molecule has 1 aromatic rings. The third kappa shape index (κ3) is 6.32. The standard InChI is InChI=1S/C23H35N3O2/c1-17(27)25-16-19-10-12-20(13-11-19)23(21-9-5-6-14-24-21)26-22(28)15-18-7-3-2-4-8-18/h5-6,9,14,18-20,23H,2-4,7-8,10-13,15-16H2,1H3,(H,25,27)(H,26,28)/t19?,20?,23-/m1/s1. The maximum Gasteiger partial charge on any atom is 0.220 e. The van der Waals surface area contributed by atoms with E-state index in [1.54, 1.807) is 6.92 Å². The summed E-state index contributed by atoms with van der Waals surface area (Å²) < 4.78 is 0. The molecule has 3 rings (SSSR count). The summed E-state index contributed by atoms with van der Waals surface area (Å²) in [6.45, 7) is 2.34. The zero-order valence-electron chi connectivity index (χ0n) is 17.2. The van der Waals surface area contributed by atoms with Gasteiger partial charge in [-0.15, -0.1) is 0 Å². The highest BCUT2D eigenvalue weighted by molar-refractivity contribution is 5.76. The maximum atomic E-state index is 12.8. The molecule has 1 heterocycles. The van der Waals surface area contributed by atoms with Crippen LogP contribution >= 0.6 is 0 Å². The van der Waals surface area contributed by atoms with Crippen molar-refractivity contribution in [3.8, 4) is 0 Å². The summed E-state index contributed by atoms with van der Waals surface area (Å²) in [5.74, 6) is 1.74. The van der Waals surface area contributed by atoms with Crippen LogP contribution in [0.2, 0.25) is 0 Å². The molecule has 154 valence electrons. The van der Waals surface area contributed by atoms with E-state index < -0.39 is 0 Å². The summed E-state index contributed by atoms with van der Waals surface area (Å²) >= 11 is 0. The molecule has 1 atom stereocenters. The van der Waals surface area contributed by atoms with Crippen LogP contribution in [0, 0.1) is 17.8 Å². The summed E-state index contributed by atoms with van der Waals surface area (Å²) in [6, 6.07) is 5.97. The minimum absolute atomic E-state index is 0.000920. The van der Waals surface area contributed by atoms with Gasteiger partial charge in [0.15, 0.2) is 0 Å². The first-order chi connectivity index (χ1) is 13.6. The van der Waals surface area contributed by atoms with Crippen LogP contribution in [0.4, 0.5) is 0 Å². The molecule has 0 aromatic carbocycles. The summed E-state index contributed by atoms with van der Waals surface area (Å²) in [5.41, 5.74) is 0.977. The minimum Gasteiger partial charge on any atom is -0.356 e. The molecule has 0 unspecified atom stereocenters. The summed E-state index contributed by atoms with van der Waals surface area (Å²) in [4.78, 5) is 28.5. The number of hydrogen-bond acceptors (Lipinski definition) is 3. The van der Waals surface area contributed by atoms with Gasteiger partial charge in [-0.3, -0.25) is 14.6 Å². The fourth-order valence-electron chi connectivity index (χ4n) is 4.89. The minimum atomic E-state index is -0.000920. The second-order valence-corrected chi connectivity index (χ2v) is 8.73. The summed E-state index contributed by atoms with van der Waals surface area (Å²) in [7, 11) is 0. The van der Waals surface area contributed by atoms with Crippen molar-refractivity contribution in [2.24, 2.45) is 17.8 Å². The van der Waals surface area contributed by atoms with Gasteiger partial charge in [-0.05, 0) is 68.4 Å². The van der Waals surface area contributed by atoms with Crippen LogP contribution in [-0.4, -0.2) is 23.3 Å². The van der Waals surface area contributed by atoms with Crippen molar-refractivity contribution in [3.63, 3.8) is 0 Å². The number of rotatable bonds is 7. The van der Waals surface area contributed by atoms with E-state index in [1.807, 2.05) is 24.4 Å². The van der Waals surface area contributed by atoms with E-state index in [4.69, 9.17) is 0 Å². The fraction of sp³-hybridized carbons (Fsp3) is 0.696. The van der Waals surface area contributed by atoms with Gasteiger partial charge in [-0.2, -0.15) is 0 Å². The molecule has 2 fully saturated rings. The van der Waals surface area contributed by atoms with Crippen LogP contribution in [0.3, 0.4) is 0 Å². The molecule has 0 spiro atoms. The van der Waals surface area contributed by atoms with Crippen molar-refractivity contribution in [2.75, 3.05) is 6.54 Å². The normalized spacial score (nSPS) is 24.3. The van der Waals surface area contributed by atoms with Crippen LogP contribution in [0.1, 0.15) is 82.9 Å². The Labute approximate surface area is 169 Å². The number of carbonyl (C=O) groups excluding carboxylic acids is 2. The molecule has 0 bridgehead atoms. The topological polar surface area (TPSA) is 71.1 Å². The molecule has 2 aliphatic rings. The predicted molar refractivity (Wildman–Crippen MR) is 110 cm³/mol. The van der Waals surface area contributed by atoms with Crippen LogP contribution in [0.15, 0.2) is 24.4 Å². The second kappa shape index (κ2) is 10.6. The van der Waals surface area contributed by atoms with Gasteiger partial charge in [0.2, 0.25) is 11.8 Å². The Kier molecular flexibility index (Phi) is 7.87. The van der Waals surface area contributed by atoms with E-state index in [1.165, 1.54) is 32.1 Å². The van der Waals surface area contributed by atoms with Crippen molar-refractivity contribution in [1.82, 2.24) is 15.6 Å². The molecule has 2 amide bonds.